The van der Waals surface area contributed by atoms with Crippen LogP contribution in [0.5, 0.6) is 0 Å². The van der Waals surface area contributed by atoms with Crippen molar-refractivity contribution in [2.24, 2.45) is 0 Å². The van der Waals surface area contributed by atoms with Crippen LogP contribution in [0.1, 0.15) is 26.7 Å². The second-order valence-electron chi connectivity index (χ2n) is 3.64. The predicted octanol–water partition coefficient (Wildman–Crippen LogP) is 3.46. The average molecular weight is 260 g/mol. The summed E-state index contributed by atoms with van der Waals surface area (Å²) >= 11 is 7.83. The summed E-state index contributed by atoms with van der Waals surface area (Å²) in [5, 5.41) is 3.72. The minimum Gasteiger partial charge on any atom is -0.366 e. The van der Waals surface area contributed by atoms with Crippen molar-refractivity contribution in [1.82, 2.24) is 9.97 Å². The molecule has 1 N–H and O–H groups in total. The van der Waals surface area contributed by atoms with Crippen LogP contribution in [0.3, 0.4) is 0 Å². The first-order valence-corrected chi connectivity index (χ1v) is 7.03. The number of nitrogens with zero attached hydrogens (tertiary/aromatic N) is 2. The molecule has 0 aliphatic rings. The minimum absolute atomic E-state index is 0.251. The van der Waals surface area contributed by atoms with Crippen LogP contribution in [-0.4, -0.2) is 27.5 Å². The fourth-order valence-electron chi connectivity index (χ4n) is 1.55. The van der Waals surface area contributed by atoms with Gasteiger partial charge in [0.25, 0.3) is 0 Å². The third-order valence-corrected chi connectivity index (χ3v) is 4.82. The lowest BCUT2D eigenvalue weighted by molar-refractivity contribution is 0.574. The van der Waals surface area contributed by atoms with E-state index in [0.717, 1.165) is 19.4 Å². The maximum atomic E-state index is 5.94. The van der Waals surface area contributed by atoms with Crippen molar-refractivity contribution in [2.75, 3.05) is 18.1 Å². The van der Waals surface area contributed by atoms with Crippen molar-refractivity contribution in [3.63, 3.8) is 0 Å². The van der Waals surface area contributed by atoms with E-state index in [9.17, 15) is 0 Å². The van der Waals surface area contributed by atoms with Gasteiger partial charge in [-0.3, -0.25) is 0 Å². The number of thioether (sulfide) groups is 1. The first-order valence-electron chi connectivity index (χ1n) is 5.43. The van der Waals surface area contributed by atoms with Gasteiger partial charge in [-0.15, -0.1) is 0 Å². The molecule has 1 aromatic rings. The number of hydrogen-bond acceptors (Lipinski definition) is 4. The molecule has 0 radical (unpaired) electrons. The van der Waals surface area contributed by atoms with Crippen molar-refractivity contribution in [2.45, 2.75) is 31.4 Å². The molecule has 0 fully saturated rings. The zero-order chi connectivity index (χ0) is 12.0. The van der Waals surface area contributed by atoms with Crippen molar-refractivity contribution in [3.05, 3.63) is 17.5 Å². The Bertz CT molecular complexity index is 320. The first-order chi connectivity index (χ1) is 7.67. The molecule has 1 heterocycles. The van der Waals surface area contributed by atoms with E-state index >= 15 is 0 Å². The van der Waals surface area contributed by atoms with Gasteiger partial charge in [-0.1, -0.05) is 25.4 Å². The highest BCUT2D eigenvalue weighted by Gasteiger charge is 2.24. The highest BCUT2D eigenvalue weighted by atomic mass is 35.5. The van der Waals surface area contributed by atoms with Crippen LogP contribution in [-0.2, 0) is 0 Å². The molecule has 0 aliphatic carbocycles. The predicted molar refractivity (Wildman–Crippen MR) is 72.4 cm³/mol. The number of rotatable bonds is 6. The Morgan fingerprint density at radius 1 is 1.31 bits per heavy atom. The van der Waals surface area contributed by atoms with Crippen molar-refractivity contribution in [1.29, 1.82) is 0 Å². The van der Waals surface area contributed by atoms with Gasteiger partial charge in [0.15, 0.2) is 11.0 Å². The lowest BCUT2D eigenvalue weighted by Crippen LogP contribution is -2.32. The highest BCUT2D eigenvalue weighted by Crippen LogP contribution is 2.31. The van der Waals surface area contributed by atoms with E-state index < -0.39 is 0 Å². The molecule has 90 valence electrons. The van der Waals surface area contributed by atoms with E-state index in [1.165, 1.54) is 0 Å². The molecule has 0 bridgehead atoms. The van der Waals surface area contributed by atoms with Gasteiger partial charge in [0.05, 0.1) is 0 Å². The molecule has 0 aliphatic heterocycles. The number of hydrogen-bond donors (Lipinski definition) is 1. The van der Waals surface area contributed by atoms with Crippen LogP contribution in [0.25, 0.3) is 0 Å². The number of halogens is 1. The van der Waals surface area contributed by atoms with Crippen molar-refractivity contribution < 1.29 is 0 Å². The molecule has 0 atom stereocenters. The van der Waals surface area contributed by atoms with Gasteiger partial charge in [-0.05, 0) is 19.1 Å². The average Bonchev–Trinajstić information content (AvgIpc) is 2.34. The van der Waals surface area contributed by atoms with Crippen LogP contribution < -0.4 is 5.32 Å². The van der Waals surface area contributed by atoms with Crippen molar-refractivity contribution in [3.8, 4) is 0 Å². The normalized spacial score (nSPS) is 11.5. The number of nitrogens with one attached hydrogen (secondary N) is 1. The molecule has 0 spiro atoms. The molecule has 1 rings (SSSR count). The SMILES string of the molecule is CCC(CC)(CNc1nccnc1Cl)SC. The standard InChI is InChI=1S/C11H18ClN3S/c1-4-11(5-2,16-3)8-15-10-9(12)13-6-7-14-10/h6-7H,4-5,8H2,1-3H3,(H,14,15). The fourth-order valence-corrected chi connectivity index (χ4v) is 2.51. The van der Waals surface area contributed by atoms with Crippen molar-refractivity contribution >= 4 is 29.2 Å². The largest absolute Gasteiger partial charge is 0.366 e. The van der Waals surface area contributed by atoms with Crippen LogP contribution in [0.4, 0.5) is 5.82 Å². The summed E-state index contributed by atoms with van der Waals surface area (Å²) in [5.41, 5.74) is 0. The summed E-state index contributed by atoms with van der Waals surface area (Å²) in [5.74, 6) is 0.671. The maximum absolute atomic E-state index is 5.94. The van der Waals surface area contributed by atoms with E-state index in [1.807, 2.05) is 11.8 Å². The lowest BCUT2D eigenvalue weighted by atomic mass is 10.0. The van der Waals surface area contributed by atoms with E-state index in [-0.39, 0.29) is 4.75 Å². The second kappa shape index (κ2) is 6.30. The Morgan fingerprint density at radius 2 is 1.94 bits per heavy atom. The van der Waals surface area contributed by atoms with Crippen LogP contribution in [0.2, 0.25) is 5.15 Å². The number of aromatic nitrogens is 2. The Kier molecular flexibility index (Phi) is 5.35. The number of anilines is 1. The summed E-state index contributed by atoms with van der Waals surface area (Å²) in [4.78, 5) is 8.16. The second-order valence-corrected chi connectivity index (χ2v) is 5.28. The van der Waals surface area contributed by atoms with Gasteiger partial charge in [0.2, 0.25) is 0 Å². The van der Waals surface area contributed by atoms with Gasteiger partial charge >= 0.3 is 0 Å². The molecular weight excluding hydrogens is 242 g/mol. The smallest absolute Gasteiger partial charge is 0.171 e. The molecular formula is C11H18ClN3S. The molecule has 1 aromatic heterocycles. The Balaban J connectivity index is 2.66. The summed E-state index contributed by atoms with van der Waals surface area (Å²) in [6.45, 7) is 5.28. The van der Waals surface area contributed by atoms with E-state index in [4.69, 9.17) is 11.6 Å². The topological polar surface area (TPSA) is 37.8 Å². The first kappa shape index (κ1) is 13.6. The van der Waals surface area contributed by atoms with Gasteiger partial charge in [0, 0.05) is 23.7 Å². The van der Waals surface area contributed by atoms with Gasteiger partial charge < -0.3 is 5.32 Å². The van der Waals surface area contributed by atoms with Crippen LogP contribution >= 0.6 is 23.4 Å². The minimum atomic E-state index is 0.251. The Labute approximate surface area is 106 Å². The van der Waals surface area contributed by atoms with Crippen LogP contribution in [0, 0.1) is 0 Å². The third-order valence-electron chi connectivity index (χ3n) is 2.95. The Hall–Kier alpha value is -0.480. The molecule has 5 heteroatoms. The molecule has 0 amide bonds. The van der Waals surface area contributed by atoms with Crippen LogP contribution in [0.15, 0.2) is 12.4 Å². The molecule has 0 aromatic carbocycles. The zero-order valence-electron chi connectivity index (χ0n) is 9.96. The van der Waals surface area contributed by atoms with E-state index in [2.05, 4.69) is 35.4 Å². The summed E-state index contributed by atoms with van der Waals surface area (Å²) in [6.07, 6.45) is 7.62. The van der Waals surface area contributed by atoms with Gasteiger partial charge in [-0.2, -0.15) is 11.8 Å². The van der Waals surface area contributed by atoms with E-state index in [1.54, 1.807) is 12.4 Å². The molecule has 0 saturated carbocycles. The van der Waals surface area contributed by atoms with Gasteiger partial charge in [-0.25, -0.2) is 9.97 Å². The molecule has 3 nitrogen and oxygen atoms in total. The van der Waals surface area contributed by atoms with Gasteiger partial charge in [0.1, 0.15) is 0 Å². The monoisotopic (exact) mass is 259 g/mol. The van der Waals surface area contributed by atoms with E-state index in [0.29, 0.717) is 11.0 Å². The highest BCUT2D eigenvalue weighted by molar-refractivity contribution is 8.00. The quantitative estimate of drug-likeness (QED) is 0.849. The fraction of sp³-hybridized carbons (Fsp3) is 0.636. The summed E-state index contributed by atoms with van der Waals surface area (Å²) in [6, 6.07) is 0. The molecule has 0 unspecified atom stereocenters. The molecule has 16 heavy (non-hydrogen) atoms. The third kappa shape index (κ3) is 3.25. The zero-order valence-corrected chi connectivity index (χ0v) is 11.5. The Morgan fingerprint density at radius 3 is 2.44 bits per heavy atom. The summed E-state index contributed by atoms with van der Waals surface area (Å²) in [7, 11) is 0. The molecule has 0 saturated heterocycles. The summed E-state index contributed by atoms with van der Waals surface area (Å²) < 4.78 is 0.251. The lowest BCUT2D eigenvalue weighted by Gasteiger charge is -2.30. The maximum Gasteiger partial charge on any atom is 0.171 e.